The Balaban J connectivity index is 1.78. The first kappa shape index (κ1) is 12.8. The molecule has 1 aromatic heterocycles. The summed E-state index contributed by atoms with van der Waals surface area (Å²) in [4.78, 5) is 10.3. The van der Waals surface area contributed by atoms with E-state index in [-0.39, 0.29) is 5.82 Å². The average Bonchev–Trinajstić information content (AvgIpc) is 3.25. The number of rotatable bonds is 4. The van der Waals surface area contributed by atoms with Crippen molar-refractivity contribution in [2.45, 2.75) is 38.6 Å². The van der Waals surface area contributed by atoms with E-state index in [1.807, 2.05) is 0 Å². The number of aryl methyl sites for hydroxylation is 1. The van der Waals surface area contributed by atoms with Crippen LogP contribution in [0.2, 0.25) is 0 Å². The van der Waals surface area contributed by atoms with Gasteiger partial charge in [-0.3, -0.25) is 0 Å². The molecule has 0 aromatic carbocycles. The minimum atomic E-state index is -0.252. The van der Waals surface area contributed by atoms with E-state index in [1.54, 1.807) is 6.92 Å². The summed E-state index contributed by atoms with van der Waals surface area (Å²) in [7, 11) is 0. The maximum atomic E-state index is 14.2. The van der Waals surface area contributed by atoms with Crippen LogP contribution in [0.4, 0.5) is 10.2 Å². The van der Waals surface area contributed by atoms with Crippen LogP contribution >= 0.6 is 0 Å². The monoisotopic (exact) mass is 264 g/mol. The Kier molecular flexibility index (Phi) is 3.64. The highest BCUT2D eigenvalue weighted by molar-refractivity contribution is 5.43. The van der Waals surface area contributed by atoms with E-state index < -0.39 is 0 Å². The van der Waals surface area contributed by atoms with Gasteiger partial charge in [-0.1, -0.05) is 0 Å². The first-order valence-corrected chi connectivity index (χ1v) is 7.20. The van der Waals surface area contributed by atoms with E-state index in [9.17, 15) is 4.39 Å². The molecule has 1 aromatic rings. The number of nitrogens with one attached hydrogen (secondary N) is 1. The summed E-state index contributed by atoms with van der Waals surface area (Å²) < 4.78 is 14.2. The standard InChI is InChI=1S/C14H21FN4/c1-10-13(15)14(18-9-17-10)19(12-4-5-12)8-11-3-2-6-16-7-11/h9,11-12,16H,2-8H2,1H3. The van der Waals surface area contributed by atoms with Crippen molar-refractivity contribution in [3.8, 4) is 0 Å². The maximum absolute atomic E-state index is 14.2. The lowest BCUT2D eigenvalue weighted by Gasteiger charge is -2.31. The number of hydrogen-bond donors (Lipinski definition) is 1. The molecule has 0 bridgehead atoms. The molecule has 104 valence electrons. The van der Waals surface area contributed by atoms with Gasteiger partial charge in [0.25, 0.3) is 0 Å². The number of nitrogens with zero attached hydrogens (tertiary/aromatic N) is 3. The molecule has 1 saturated heterocycles. The van der Waals surface area contributed by atoms with Crippen LogP contribution in [-0.4, -0.2) is 35.6 Å². The van der Waals surface area contributed by atoms with Crippen LogP contribution in [0.5, 0.6) is 0 Å². The Morgan fingerprint density at radius 2 is 2.21 bits per heavy atom. The fourth-order valence-corrected chi connectivity index (χ4v) is 2.80. The van der Waals surface area contributed by atoms with Gasteiger partial charge >= 0.3 is 0 Å². The lowest BCUT2D eigenvalue weighted by Crippen LogP contribution is -2.40. The number of anilines is 1. The van der Waals surface area contributed by atoms with Gasteiger partial charge in [-0.25, -0.2) is 14.4 Å². The summed E-state index contributed by atoms with van der Waals surface area (Å²) >= 11 is 0. The van der Waals surface area contributed by atoms with Gasteiger partial charge in [0.05, 0.1) is 5.69 Å². The Hall–Kier alpha value is -1.23. The van der Waals surface area contributed by atoms with Gasteiger partial charge in [-0.15, -0.1) is 0 Å². The normalized spacial score (nSPS) is 23.4. The second-order valence-electron chi connectivity index (χ2n) is 5.69. The van der Waals surface area contributed by atoms with Crippen LogP contribution in [0, 0.1) is 18.7 Å². The zero-order valence-corrected chi connectivity index (χ0v) is 11.4. The van der Waals surface area contributed by atoms with Gasteiger partial charge in [-0.05, 0) is 51.6 Å². The predicted octanol–water partition coefficient (Wildman–Crippen LogP) is 1.89. The van der Waals surface area contributed by atoms with Crippen LogP contribution in [0.3, 0.4) is 0 Å². The molecule has 2 fully saturated rings. The van der Waals surface area contributed by atoms with Crippen LogP contribution in [0.15, 0.2) is 6.33 Å². The molecular weight excluding hydrogens is 243 g/mol. The van der Waals surface area contributed by atoms with Crippen LogP contribution in [-0.2, 0) is 0 Å². The lowest BCUT2D eigenvalue weighted by molar-refractivity contribution is 0.374. The smallest absolute Gasteiger partial charge is 0.186 e. The molecule has 0 spiro atoms. The van der Waals surface area contributed by atoms with Crippen LogP contribution in [0.25, 0.3) is 0 Å². The van der Waals surface area contributed by atoms with Crippen molar-refractivity contribution < 1.29 is 4.39 Å². The van der Waals surface area contributed by atoms with Crippen molar-refractivity contribution >= 4 is 5.82 Å². The van der Waals surface area contributed by atoms with E-state index in [2.05, 4.69) is 20.2 Å². The summed E-state index contributed by atoms with van der Waals surface area (Å²) in [6.45, 7) is 4.76. The Labute approximate surface area is 113 Å². The van der Waals surface area contributed by atoms with Gasteiger partial charge in [0, 0.05) is 12.6 Å². The van der Waals surface area contributed by atoms with Crippen LogP contribution in [0.1, 0.15) is 31.4 Å². The van der Waals surface area contributed by atoms with Gasteiger partial charge < -0.3 is 10.2 Å². The highest BCUT2D eigenvalue weighted by Gasteiger charge is 2.33. The van der Waals surface area contributed by atoms with Crippen molar-refractivity contribution in [1.29, 1.82) is 0 Å². The number of aromatic nitrogens is 2. The second kappa shape index (κ2) is 5.41. The summed E-state index contributed by atoms with van der Waals surface area (Å²) in [5, 5.41) is 3.42. The van der Waals surface area contributed by atoms with Gasteiger partial charge in [0.2, 0.25) is 0 Å². The molecule has 2 heterocycles. The van der Waals surface area contributed by atoms with Gasteiger partial charge in [-0.2, -0.15) is 0 Å². The molecule has 1 saturated carbocycles. The first-order chi connectivity index (χ1) is 9.25. The molecule has 5 heteroatoms. The second-order valence-corrected chi connectivity index (χ2v) is 5.69. The predicted molar refractivity (Wildman–Crippen MR) is 72.7 cm³/mol. The summed E-state index contributed by atoms with van der Waals surface area (Å²) in [6.07, 6.45) is 6.23. The molecular formula is C14H21FN4. The van der Waals surface area contributed by atoms with Crippen molar-refractivity contribution in [3.05, 3.63) is 17.8 Å². The molecule has 4 nitrogen and oxygen atoms in total. The summed E-state index contributed by atoms with van der Waals surface area (Å²) in [5.74, 6) is 0.850. The number of piperidine rings is 1. The minimum absolute atomic E-state index is 0.252. The Morgan fingerprint density at radius 3 is 2.89 bits per heavy atom. The van der Waals surface area contributed by atoms with E-state index in [1.165, 1.54) is 19.2 Å². The molecule has 3 rings (SSSR count). The molecule has 19 heavy (non-hydrogen) atoms. The Morgan fingerprint density at radius 1 is 1.37 bits per heavy atom. The molecule has 1 atom stereocenters. The molecule has 2 aliphatic rings. The largest absolute Gasteiger partial charge is 0.351 e. The molecule has 1 aliphatic carbocycles. The Bertz CT molecular complexity index is 441. The van der Waals surface area contributed by atoms with Crippen molar-refractivity contribution in [3.63, 3.8) is 0 Å². The third-order valence-corrected chi connectivity index (χ3v) is 4.06. The van der Waals surface area contributed by atoms with Crippen molar-refractivity contribution in [2.24, 2.45) is 5.92 Å². The average molecular weight is 264 g/mol. The summed E-state index contributed by atoms with van der Waals surface area (Å²) in [6, 6.07) is 0.478. The number of halogens is 1. The maximum Gasteiger partial charge on any atom is 0.186 e. The lowest BCUT2D eigenvalue weighted by atomic mass is 9.99. The zero-order chi connectivity index (χ0) is 13.2. The fourth-order valence-electron chi connectivity index (χ4n) is 2.80. The third-order valence-electron chi connectivity index (χ3n) is 4.06. The quantitative estimate of drug-likeness (QED) is 0.901. The van der Waals surface area contributed by atoms with Gasteiger partial charge in [0.1, 0.15) is 6.33 Å². The first-order valence-electron chi connectivity index (χ1n) is 7.20. The van der Waals surface area contributed by atoms with E-state index in [4.69, 9.17) is 0 Å². The SMILES string of the molecule is Cc1ncnc(N(CC2CCCNC2)C2CC2)c1F. The van der Waals surface area contributed by atoms with E-state index >= 15 is 0 Å². The minimum Gasteiger partial charge on any atom is -0.351 e. The summed E-state index contributed by atoms with van der Waals surface area (Å²) in [5.41, 5.74) is 0.442. The van der Waals surface area contributed by atoms with E-state index in [0.717, 1.165) is 32.5 Å². The topological polar surface area (TPSA) is 41.1 Å². The number of hydrogen-bond acceptors (Lipinski definition) is 4. The molecule has 0 amide bonds. The van der Waals surface area contributed by atoms with Crippen LogP contribution < -0.4 is 10.2 Å². The van der Waals surface area contributed by atoms with Crippen molar-refractivity contribution in [1.82, 2.24) is 15.3 Å². The molecule has 1 N–H and O–H groups in total. The zero-order valence-electron chi connectivity index (χ0n) is 11.4. The molecule has 1 unspecified atom stereocenters. The third kappa shape index (κ3) is 2.86. The fraction of sp³-hybridized carbons (Fsp3) is 0.714. The van der Waals surface area contributed by atoms with Gasteiger partial charge in [0.15, 0.2) is 11.6 Å². The van der Waals surface area contributed by atoms with E-state index in [0.29, 0.717) is 23.5 Å². The highest BCUT2D eigenvalue weighted by atomic mass is 19.1. The highest BCUT2D eigenvalue weighted by Crippen LogP contribution is 2.33. The van der Waals surface area contributed by atoms with Crippen molar-refractivity contribution in [2.75, 3.05) is 24.5 Å². The molecule has 0 radical (unpaired) electrons. The molecule has 1 aliphatic heterocycles.